The van der Waals surface area contributed by atoms with Crippen molar-refractivity contribution in [1.82, 2.24) is 4.90 Å². The van der Waals surface area contributed by atoms with Gasteiger partial charge in [0.2, 0.25) is 5.91 Å². The van der Waals surface area contributed by atoms with E-state index < -0.39 is 0 Å². The average Bonchev–Trinajstić information content (AvgIpc) is 2.86. The third-order valence-corrected chi connectivity index (χ3v) is 6.26. The smallest absolute Gasteiger partial charge is 0.235 e. The zero-order chi connectivity index (χ0) is 14.2. The lowest BCUT2D eigenvalue weighted by Gasteiger charge is -2.38. The molecule has 1 saturated heterocycles. The Kier molecular flexibility index (Phi) is 4.00. The number of nitrogens with zero attached hydrogens (tertiary/aromatic N) is 1. The number of rotatable bonds is 3. The van der Waals surface area contributed by atoms with E-state index in [-0.39, 0.29) is 11.2 Å². The molecule has 0 unspecified atom stereocenters. The second kappa shape index (κ2) is 5.61. The number of thioether (sulfide) groups is 1. The van der Waals surface area contributed by atoms with Crippen molar-refractivity contribution in [3.63, 3.8) is 0 Å². The molecule has 2 nitrogen and oxygen atoms in total. The van der Waals surface area contributed by atoms with Crippen LogP contribution >= 0.6 is 23.4 Å². The summed E-state index contributed by atoms with van der Waals surface area (Å²) in [5.74, 6) is 0.263. The maximum absolute atomic E-state index is 12.6. The van der Waals surface area contributed by atoms with Crippen molar-refractivity contribution in [3.8, 4) is 0 Å². The first-order chi connectivity index (χ1) is 9.60. The number of benzene rings is 1. The average molecular weight is 310 g/mol. The van der Waals surface area contributed by atoms with Gasteiger partial charge in [0.1, 0.15) is 0 Å². The first kappa shape index (κ1) is 14.3. The number of carbonyl (C=O) groups is 1. The molecule has 1 spiro atoms. The van der Waals surface area contributed by atoms with Gasteiger partial charge in [0.05, 0.1) is 10.3 Å². The van der Waals surface area contributed by atoms with E-state index in [9.17, 15) is 4.79 Å². The molecule has 0 bridgehead atoms. The number of hydrogen-bond acceptors (Lipinski definition) is 2. The summed E-state index contributed by atoms with van der Waals surface area (Å²) in [6.45, 7) is 3.90. The first-order valence-electron chi connectivity index (χ1n) is 7.30. The minimum absolute atomic E-state index is 0.0647. The van der Waals surface area contributed by atoms with E-state index >= 15 is 0 Å². The Bertz CT molecular complexity index is 515. The largest absolute Gasteiger partial charge is 0.341 e. The third kappa shape index (κ3) is 2.71. The normalized spacial score (nSPS) is 21.8. The fourth-order valence-corrected chi connectivity index (χ4v) is 4.48. The quantitative estimate of drug-likeness (QED) is 0.779. The van der Waals surface area contributed by atoms with Crippen molar-refractivity contribution >= 4 is 29.3 Å². The third-order valence-electron chi connectivity index (χ3n) is 4.65. The Morgan fingerprint density at radius 1 is 1.35 bits per heavy atom. The molecule has 1 aliphatic heterocycles. The Balaban J connectivity index is 1.61. The molecule has 2 aliphatic rings. The van der Waals surface area contributed by atoms with Crippen molar-refractivity contribution in [1.29, 1.82) is 0 Å². The van der Waals surface area contributed by atoms with Gasteiger partial charge in [-0.1, -0.05) is 30.2 Å². The van der Waals surface area contributed by atoms with Crippen LogP contribution in [0.2, 0.25) is 5.02 Å². The Labute approximate surface area is 129 Å². The lowest BCUT2D eigenvalue weighted by atomic mass is 9.68. The molecule has 20 heavy (non-hydrogen) atoms. The van der Waals surface area contributed by atoms with Crippen LogP contribution in [0.3, 0.4) is 0 Å². The van der Waals surface area contributed by atoms with E-state index in [0.29, 0.717) is 5.41 Å². The van der Waals surface area contributed by atoms with Crippen molar-refractivity contribution in [2.45, 2.75) is 42.8 Å². The summed E-state index contributed by atoms with van der Waals surface area (Å²) in [6.07, 6.45) is 5.15. The maximum Gasteiger partial charge on any atom is 0.235 e. The second-order valence-electron chi connectivity index (χ2n) is 6.05. The molecule has 0 radical (unpaired) electrons. The molecule has 1 heterocycles. The van der Waals surface area contributed by atoms with Gasteiger partial charge in [0.15, 0.2) is 0 Å². The lowest BCUT2D eigenvalue weighted by molar-refractivity contribution is -0.129. The Hall–Kier alpha value is -0.670. The number of hydrogen-bond donors (Lipinski definition) is 0. The maximum atomic E-state index is 12.6. The predicted octanol–water partition coefficient (Wildman–Crippen LogP) is 4.22. The molecule has 3 rings (SSSR count). The molecule has 0 aromatic heterocycles. The summed E-state index contributed by atoms with van der Waals surface area (Å²) < 4.78 is 0. The van der Waals surface area contributed by atoms with E-state index in [0.717, 1.165) is 23.0 Å². The molecule has 1 atom stereocenters. The van der Waals surface area contributed by atoms with E-state index in [2.05, 4.69) is 4.90 Å². The van der Waals surface area contributed by atoms with Crippen LogP contribution in [0.1, 0.15) is 32.6 Å². The van der Waals surface area contributed by atoms with Crippen LogP contribution < -0.4 is 0 Å². The van der Waals surface area contributed by atoms with Crippen LogP contribution in [0.4, 0.5) is 0 Å². The molecule has 1 saturated carbocycles. The summed E-state index contributed by atoms with van der Waals surface area (Å²) in [6, 6.07) is 7.73. The fourth-order valence-electron chi connectivity index (χ4n) is 3.25. The fraction of sp³-hybridized carbons (Fsp3) is 0.562. The van der Waals surface area contributed by atoms with Crippen LogP contribution in [0, 0.1) is 5.41 Å². The highest BCUT2D eigenvalue weighted by atomic mass is 35.5. The molecule has 1 aliphatic carbocycles. The zero-order valence-electron chi connectivity index (χ0n) is 11.8. The van der Waals surface area contributed by atoms with Crippen LogP contribution in [-0.4, -0.2) is 29.1 Å². The van der Waals surface area contributed by atoms with Crippen LogP contribution in [0.15, 0.2) is 29.2 Å². The summed E-state index contributed by atoms with van der Waals surface area (Å²) in [5.41, 5.74) is 0.477. The number of halogens is 1. The van der Waals surface area contributed by atoms with Gasteiger partial charge in [-0.05, 0) is 43.7 Å². The standard InChI is InChI=1S/C16H20ClNOS/c1-12(20-14-6-3-2-5-13(14)17)15(19)18-10-9-16(11-18)7-4-8-16/h2-3,5-6,12H,4,7-11H2,1H3/t12-/m1/s1. The van der Waals surface area contributed by atoms with Gasteiger partial charge < -0.3 is 4.90 Å². The number of amides is 1. The van der Waals surface area contributed by atoms with E-state index in [1.54, 1.807) is 11.8 Å². The molecule has 0 N–H and O–H groups in total. The molecular formula is C16H20ClNOS. The SMILES string of the molecule is C[C@@H](Sc1ccccc1Cl)C(=O)N1CCC2(CCC2)C1. The van der Waals surface area contributed by atoms with Crippen LogP contribution in [-0.2, 0) is 4.79 Å². The Morgan fingerprint density at radius 2 is 2.10 bits per heavy atom. The van der Waals surface area contributed by atoms with E-state index in [4.69, 9.17) is 11.6 Å². The van der Waals surface area contributed by atoms with Crippen molar-refractivity contribution in [2.24, 2.45) is 5.41 Å². The summed E-state index contributed by atoms with van der Waals surface area (Å²) in [7, 11) is 0. The molecule has 2 fully saturated rings. The molecule has 1 aromatic rings. The highest BCUT2D eigenvalue weighted by Crippen LogP contribution is 2.48. The second-order valence-corrected chi connectivity index (χ2v) is 7.84. The molecule has 1 amide bonds. The summed E-state index contributed by atoms with van der Waals surface area (Å²) in [4.78, 5) is 15.6. The van der Waals surface area contributed by atoms with Crippen LogP contribution in [0.25, 0.3) is 0 Å². The van der Waals surface area contributed by atoms with Crippen molar-refractivity contribution in [2.75, 3.05) is 13.1 Å². The minimum Gasteiger partial charge on any atom is -0.341 e. The predicted molar refractivity (Wildman–Crippen MR) is 84.3 cm³/mol. The molecule has 108 valence electrons. The minimum atomic E-state index is -0.0647. The Morgan fingerprint density at radius 3 is 2.70 bits per heavy atom. The highest BCUT2D eigenvalue weighted by molar-refractivity contribution is 8.00. The molecular weight excluding hydrogens is 290 g/mol. The highest BCUT2D eigenvalue weighted by Gasteiger charge is 2.44. The van der Waals surface area contributed by atoms with Gasteiger partial charge in [0.25, 0.3) is 0 Å². The topological polar surface area (TPSA) is 20.3 Å². The van der Waals surface area contributed by atoms with Gasteiger partial charge in [-0.3, -0.25) is 4.79 Å². The van der Waals surface area contributed by atoms with Crippen LogP contribution in [0.5, 0.6) is 0 Å². The number of likely N-dealkylation sites (tertiary alicyclic amines) is 1. The summed E-state index contributed by atoms with van der Waals surface area (Å²) in [5, 5.41) is 0.666. The van der Waals surface area contributed by atoms with Gasteiger partial charge in [-0.25, -0.2) is 0 Å². The van der Waals surface area contributed by atoms with Crippen molar-refractivity contribution < 1.29 is 4.79 Å². The van der Waals surface area contributed by atoms with Gasteiger partial charge in [0, 0.05) is 18.0 Å². The van der Waals surface area contributed by atoms with Gasteiger partial charge >= 0.3 is 0 Å². The van der Waals surface area contributed by atoms with Crippen molar-refractivity contribution in [3.05, 3.63) is 29.3 Å². The lowest BCUT2D eigenvalue weighted by Crippen LogP contribution is -2.38. The molecule has 4 heteroatoms. The molecule has 1 aromatic carbocycles. The van der Waals surface area contributed by atoms with E-state index in [1.807, 2.05) is 31.2 Å². The zero-order valence-corrected chi connectivity index (χ0v) is 13.3. The van der Waals surface area contributed by atoms with Gasteiger partial charge in [-0.2, -0.15) is 0 Å². The number of carbonyl (C=O) groups excluding carboxylic acids is 1. The van der Waals surface area contributed by atoms with E-state index in [1.165, 1.54) is 25.7 Å². The van der Waals surface area contributed by atoms with Gasteiger partial charge in [-0.15, -0.1) is 11.8 Å². The summed E-state index contributed by atoms with van der Waals surface area (Å²) >= 11 is 7.73. The first-order valence-corrected chi connectivity index (χ1v) is 8.55. The monoisotopic (exact) mass is 309 g/mol.